The van der Waals surface area contributed by atoms with Crippen molar-refractivity contribution in [3.05, 3.63) is 36.2 Å². The Bertz CT molecular complexity index is 541. The molecule has 1 aliphatic heterocycles. The van der Waals surface area contributed by atoms with Crippen LogP contribution in [0.15, 0.2) is 30.6 Å². The largest absolute Gasteiger partial charge is 0.381 e. The van der Waals surface area contributed by atoms with Crippen molar-refractivity contribution >= 4 is 11.3 Å². The Morgan fingerprint density at radius 3 is 3.00 bits per heavy atom. The zero-order chi connectivity index (χ0) is 11.7. The molecule has 1 aliphatic rings. The van der Waals surface area contributed by atoms with Gasteiger partial charge < -0.3 is 4.74 Å². The van der Waals surface area contributed by atoms with Crippen LogP contribution in [0.3, 0.4) is 0 Å². The van der Waals surface area contributed by atoms with Gasteiger partial charge in [0.15, 0.2) is 5.78 Å². The topological polar surface area (TPSA) is 43.6 Å². The van der Waals surface area contributed by atoms with E-state index in [1.807, 2.05) is 24.4 Å². The third-order valence-corrected chi connectivity index (χ3v) is 3.28. The second-order valence-electron chi connectivity index (χ2n) is 4.37. The molecule has 0 N–H and O–H groups in total. The number of fused-ring (bicyclic) bond motifs is 1. The molecule has 0 aliphatic carbocycles. The quantitative estimate of drug-likeness (QED) is 0.740. The first-order valence-corrected chi connectivity index (χ1v) is 5.90. The standard InChI is InChI=1S/C13H14N2O2/c16-13(10-3-7-17-8-4-10)11-2-6-15-12(9-11)1-5-14-15/h1-2,5-6,9-10H,3-4,7-8H2. The first-order chi connectivity index (χ1) is 8.34. The number of aromatic nitrogens is 2. The van der Waals surface area contributed by atoms with Crippen molar-refractivity contribution in [3.63, 3.8) is 0 Å². The molecule has 3 rings (SSSR count). The lowest BCUT2D eigenvalue weighted by atomic mass is 9.91. The van der Waals surface area contributed by atoms with Crippen LogP contribution in [0.5, 0.6) is 0 Å². The molecule has 0 saturated carbocycles. The first-order valence-electron chi connectivity index (χ1n) is 5.90. The van der Waals surface area contributed by atoms with Crippen molar-refractivity contribution in [1.82, 2.24) is 9.61 Å². The third kappa shape index (κ3) is 1.96. The number of hydrogen-bond acceptors (Lipinski definition) is 3. The molecule has 17 heavy (non-hydrogen) atoms. The van der Waals surface area contributed by atoms with E-state index in [0.717, 1.165) is 23.9 Å². The fourth-order valence-corrected chi connectivity index (χ4v) is 2.27. The number of carbonyl (C=O) groups is 1. The predicted molar refractivity (Wildman–Crippen MR) is 63.1 cm³/mol. The van der Waals surface area contributed by atoms with Crippen LogP contribution in [-0.2, 0) is 4.74 Å². The molecule has 0 radical (unpaired) electrons. The minimum atomic E-state index is 0.120. The minimum absolute atomic E-state index is 0.120. The molecule has 0 atom stereocenters. The first kappa shape index (κ1) is 10.5. The maximum atomic E-state index is 12.3. The molecule has 0 bridgehead atoms. The highest BCUT2D eigenvalue weighted by molar-refractivity contribution is 5.98. The smallest absolute Gasteiger partial charge is 0.166 e. The predicted octanol–water partition coefficient (Wildman–Crippen LogP) is 1.94. The van der Waals surface area contributed by atoms with Gasteiger partial charge in [0.25, 0.3) is 0 Å². The molecule has 0 aromatic carbocycles. The maximum Gasteiger partial charge on any atom is 0.166 e. The Morgan fingerprint density at radius 1 is 1.35 bits per heavy atom. The van der Waals surface area contributed by atoms with Crippen LogP contribution in [0.4, 0.5) is 0 Å². The van der Waals surface area contributed by atoms with Crippen LogP contribution >= 0.6 is 0 Å². The molecule has 2 aromatic rings. The molecule has 0 spiro atoms. The van der Waals surface area contributed by atoms with Gasteiger partial charge in [0.2, 0.25) is 0 Å². The number of hydrogen-bond donors (Lipinski definition) is 0. The van der Waals surface area contributed by atoms with E-state index in [1.54, 1.807) is 10.7 Å². The molecule has 2 aromatic heterocycles. The van der Waals surface area contributed by atoms with Crippen LogP contribution in [-0.4, -0.2) is 28.6 Å². The molecular weight excluding hydrogens is 216 g/mol. The Kier molecular flexibility index (Phi) is 2.65. The summed E-state index contributed by atoms with van der Waals surface area (Å²) >= 11 is 0. The van der Waals surface area contributed by atoms with E-state index in [1.165, 1.54) is 0 Å². The average molecular weight is 230 g/mol. The summed E-state index contributed by atoms with van der Waals surface area (Å²) in [5, 5.41) is 4.12. The monoisotopic (exact) mass is 230 g/mol. The highest BCUT2D eigenvalue weighted by Gasteiger charge is 2.22. The Labute approximate surface area is 99.2 Å². The van der Waals surface area contributed by atoms with E-state index in [9.17, 15) is 4.79 Å². The van der Waals surface area contributed by atoms with Crippen LogP contribution in [0, 0.1) is 5.92 Å². The van der Waals surface area contributed by atoms with Crippen molar-refractivity contribution < 1.29 is 9.53 Å². The van der Waals surface area contributed by atoms with Crippen molar-refractivity contribution in [3.8, 4) is 0 Å². The summed E-state index contributed by atoms with van der Waals surface area (Å²) in [5.41, 5.74) is 1.74. The summed E-state index contributed by atoms with van der Waals surface area (Å²) in [5.74, 6) is 0.353. The van der Waals surface area contributed by atoms with Crippen molar-refractivity contribution in [2.75, 3.05) is 13.2 Å². The average Bonchev–Trinajstić information content (AvgIpc) is 2.86. The zero-order valence-electron chi connectivity index (χ0n) is 9.50. The van der Waals surface area contributed by atoms with Gasteiger partial charge in [0, 0.05) is 37.1 Å². The van der Waals surface area contributed by atoms with E-state index < -0.39 is 0 Å². The fourth-order valence-electron chi connectivity index (χ4n) is 2.27. The number of ether oxygens (including phenoxy) is 1. The lowest BCUT2D eigenvalue weighted by Gasteiger charge is -2.20. The molecule has 88 valence electrons. The summed E-state index contributed by atoms with van der Waals surface area (Å²) in [6.07, 6.45) is 5.24. The van der Waals surface area contributed by atoms with Gasteiger partial charge in [-0.15, -0.1) is 0 Å². The second kappa shape index (κ2) is 4.30. The Balaban J connectivity index is 1.88. The highest BCUT2D eigenvalue weighted by Crippen LogP contribution is 2.20. The number of carbonyl (C=O) groups excluding carboxylic acids is 1. The van der Waals surface area contributed by atoms with E-state index >= 15 is 0 Å². The molecule has 4 heteroatoms. The summed E-state index contributed by atoms with van der Waals surface area (Å²) in [6, 6.07) is 5.66. The van der Waals surface area contributed by atoms with Crippen molar-refractivity contribution in [1.29, 1.82) is 0 Å². The van der Waals surface area contributed by atoms with Gasteiger partial charge >= 0.3 is 0 Å². The highest BCUT2D eigenvalue weighted by atomic mass is 16.5. The summed E-state index contributed by atoms with van der Waals surface area (Å²) < 4.78 is 7.04. The normalized spacial score (nSPS) is 17.4. The fraction of sp³-hybridized carbons (Fsp3) is 0.385. The molecule has 4 nitrogen and oxygen atoms in total. The van der Waals surface area contributed by atoms with Gasteiger partial charge in [-0.1, -0.05) is 0 Å². The molecular formula is C13H14N2O2. The number of ketones is 1. The lowest BCUT2D eigenvalue weighted by molar-refractivity contribution is 0.0545. The van der Waals surface area contributed by atoms with Gasteiger partial charge in [-0.05, 0) is 31.0 Å². The van der Waals surface area contributed by atoms with Crippen molar-refractivity contribution in [2.24, 2.45) is 5.92 Å². The number of nitrogens with zero attached hydrogens (tertiary/aromatic N) is 2. The van der Waals surface area contributed by atoms with E-state index in [-0.39, 0.29) is 11.7 Å². The second-order valence-corrected chi connectivity index (χ2v) is 4.37. The van der Waals surface area contributed by atoms with Crippen LogP contribution in [0.1, 0.15) is 23.2 Å². The number of pyridine rings is 1. The van der Waals surface area contributed by atoms with Crippen LogP contribution in [0.2, 0.25) is 0 Å². The van der Waals surface area contributed by atoms with Gasteiger partial charge in [-0.25, -0.2) is 4.52 Å². The maximum absolute atomic E-state index is 12.3. The molecule has 3 heterocycles. The number of rotatable bonds is 2. The summed E-state index contributed by atoms with van der Waals surface area (Å²) in [7, 11) is 0. The SMILES string of the molecule is O=C(c1ccn2nccc2c1)C1CCOCC1. The van der Waals surface area contributed by atoms with Gasteiger partial charge in [-0.3, -0.25) is 4.79 Å². The third-order valence-electron chi connectivity index (χ3n) is 3.28. The summed E-state index contributed by atoms with van der Waals surface area (Å²) in [6.45, 7) is 1.40. The molecule has 1 saturated heterocycles. The van der Waals surface area contributed by atoms with E-state index in [4.69, 9.17) is 4.74 Å². The number of Topliss-reactive ketones (excluding diaryl/α,β-unsaturated/α-hetero) is 1. The minimum Gasteiger partial charge on any atom is -0.381 e. The zero-order valence-corrected chi connectivity index (χ0v) is 9.50. The van der Waals surface area contributed by atoms with Crippen molar-refractivity contribution in [2.45, 2.75) is 12.8 Å². The molecule has 1 fully saturated rings. The summed E-state index contributed by atoms with van der Waals surface area (Å²) in [4.78, 5) is 12.3. The Hall–Kier alpha value is -1.68. The van der Waals surface area contributed by atoms with E-state index in [2.05, 4.69) is 5.10 Å². The Morgan fingerprint density at radius 2 is 2.18 bits per heavy atom. The van der Waals surface area contributed by atoms with Gasteiger partial charge in [0.05, 0.1) is 5.52 Å². The van der Waals surface area contributed by atoms with Gasteiger partial charge in [-0.2, -0.15) is 5.10 Å². The van der Waals surface area contributed by atoms with E-state index in [0.29, 0.717) is 13.2 Å². The molecule has 0 amide bonds. The van der Waals surface area contributed by atoms with Crippen LogP contribution < -0.4 is 0 Å². The lowest BCUT2D eigenvalue weighted by Crippen LogP contribution is -2.23. The van der Waals surface area contributed by atoms with Crippen LogP contribution in [0.25, 0.3) is 5.52 Å². The molecule has 0 unspecified atom stereocenters. The van der Waals surface area contributed by atoms with Gasteiger partial charge in [0.1, 0.15) is 0 Å².